The fourth-order valence-corrected chi connectivity index (χ4v) is 2.24. The molecule has 4 heteroatoms. The Morgan fingerprint density at radius 3 is 2.52 bits per heavy atom. The van der Waals surface area contributed by atoms with Gasteiger partial charge in [-0.15, -0.1) is 0 Å². The van der Waals surface area contributed by atoms with Gasteiger partial charge in [-0.05, 0) is 37.5 Å². The van der Waals surface area contributed by atoms with E-state index in [0.717, 1.165) is 23.3 Å². The average Bonchev–Trinajstić information content (AvgIpc) is 2.55. The quantitative estimate of drug-likeness (QED) is 0.654. The highest BCUT2D eigenvalue weighted by molar-refractivity contribution is 6.00. The van der Waals surface area contributed by atoms with E-state index in [1.54, 1.807) is 0 Å². The van der Waals surface area contributed by atoms with E-state index in [1.165, 1.54) is 5.56 Å². The molecule has 0 aromatic heterocycles. The normalized spacial score (nSPS) is 11.2. The molecule has 0 spiro atoms. The van der Waals surface area contributed by atoms with E-state index in [4.69, 9.17) is 4.74 Å². The first kappa shape index (κ1) is 16.7. The highest BCUT2D eigenvalue weighted by Gasteiger charge is 2.06. The molecule has 0 aliphatic rings. The standard InChI is InChI=1S/C19H22N2O2/c1-4-17(16-8-6-5-7-9-16)20-21-19(22)13-23-18-11-10-14(2)12-15(18)3/h5-12H,4,13H2,1-3H3,(H,21,22)/b20-17+. The molecule has 4 nitrogen and oxygen atoms in total. The van der Waals surface area contributed by atoms with Crippen molar-refractivity contribution in [2.24, 2.45) is 5.10 Å². The molecular weight excluding hydrogens is 288 g/mol. The van der Waals surface area contributed by atoms with E-state index in [2.05, 4.69) is 10.5 Å². The molecule has 0 saturated carbocycles. The predicted octanol–water partition coefficient (Wildman–Crippen LogP) is 3.61. The van der Waals surface area contributed by atoms with Crippen LogP contribution in [-0.4, -0.2) is 18.2 Å². The van der Waals surface area contributed by atoms with E-state index in [0.29, 0.717) is 5.75 Å². The lowest BCUT2D eigenvalue weighted by Gasteiger charge is -2.09. The average molecular weight is 310 g/mol. The minimum atomic E-state index is -0.271. The van der Waals surface area contributed by atoms with Crippen molar-refractivity contribution < 1.29 is 9.53 Å². The first-order chi connectivity index (χ1) is 11.1. The van der Waals surface area contributed by atoms with Gasteiger partial charge in [0.1, 0.15) is 5.75 Å². The van der Waals surface area contributed by atoms with Gasteiger partial charge in [0, 0.05) is 0 Å². The zero-order chi connectivity index (χ0) is 16.7. The van der Waals surface area contributed by atoms with Crippen LogP contribution in [0.2, 0.25) is 0 Å². The number of nitrogens with zero attached hydrogens (tertiary/aromatic N) is 1. The maximum absolute atomic E-state index is 11.9. The lowest BCUT2D eigenvalue weighted by Crippen LogP contribution is -2.26. The van der Waals surface area contributed by atoms with Crippen molar-refractivity contribution >= 4 is 11.6 Å². The Hall–Kier alpha value is -2.62. The topological polar surface area (TPSA) is 50.7 Å². The smallest absolute Gasteiger partial charge is 0.277 e. The number of carbonyl (C=O) groups excluding carboxylic acids is 1. The fraction of sp³-hybridized carbons (Fsp3) is 0.263. The van der Waals surface area contributed by atoms with Crippen LogP contribution in [0.5, 0.6) is 5.75 Å². The summed E-state index contributed by atoms with van der Waals surface area (Å²) in [5, 5.41) is 4.20. The van der Waals surface area contributed by atoms with Crippen LogP contribution in [0.3, 0.4) is 0 Å². The minimum Gasteiger partial charge on any atom is -0.483 e. The minimum absolute atomic E-state index is 0.0564. The Morgan fingerprint density at radius 2 is 1.87 bits per heavy atom. The van der Waals surface area contributed by atoms with Gasteiger partial charge in [-0.2, -0.15) is 5.10 Å². The zero-order valence-electron chi connectivity index (χ0n) is 13.8. The Bertz CT molecular complexity index is 694. The molecule has 0 fully saturated rings. The number of aryl methyl sites for hydroxylation is 2. The Morgan fingerprint density at radius 1 is 1.13 bits per heavy atom. The predicted molar refractivity (Wildman–Crippen MR) is 92.8 cm³/mol. The molecule has 120 valence electrons. The molecular formula is C19H22N2O2. The maximum Gasteiger partial charge on any atom is 0.277 e. The van der Waals surface area contributed by atoms with Crippen molar-refractivity contribution in [1.82, 2.24) is 5.43 Å². The number of rotatable bonds is 6. The molecule has 0 atom stereocenters. The fourth-order valence-electron chi connectivity index (χ4n) is 2.24. The van der Waals surface area contributed by atoms with Crippen molar-refractivity contribution in [3.05, 3.63) is 65.2 Å². The van der Waals surface area contributed by atoms with Crippen LogP contribution < -0.4 is 10.2 Å². The van der Waals surface area contributed by atoms with Crippen molar-refractivity contribution in [2.75, 3.05) is 6.61 Å². The summed E-state index contributed by atoms with van der Waals surface area (Å²) in [6.45, 7) is 5.93. The summed E-state index contributed by atoms with van der Waals surface area (Å²) in [4.78, 5) is 11.9. The van der Waals surface area contributed by atoms with Crippen molar-refractivity contribution in [2.45, 2.75) is 27.2 Å². The third-order valence-electron chi connectivity index (χ3n) is 3.45. The number of hydrogen-bond donors (Lipinski definition) is 1. The molecule has 1 N–H and O–H groups in total. The van der Waals surface area contributed by atoms with Gasteiger partial charge in [-0.3, -0.25) is 4.79 Å². The molecule has 23 heavy (non-hydrogen) atoms. The van der Waals surface area contributed by atoms with Gasteiger partial charge >= 0.3 is 0 Å². The van der Waals surface area contributed by atoms with Gasteiger partial charge < -0.3 is 4.74 Å². The van der Waals surface area contributed by atoms with Crippen LogP contribution in [0.25, 0.3) is 0 Å². The van der Waals surface area contributed by atoms with E-state index >= 15 is 0 Å². The van der Waals surface area contributed by atoms with Crippen molar-refractivity contribution in [1.29, 1.82) is 0 Å². The zero-order valence-corrected chi connectivity index (χ0v) is 13.8. The molecule has 1 amide bonds. The number of hydrazone groups is 1. The number of hydrogen-bond acceptors (Lipinski definition) is 3. The maximum atomic E-state index is 11.9. The van der Waals surface area contributed by atoms with Crippen molar-refractivity contribution in [3.63, 3.8) is 0 Å². The SMILES string of the molecule is CC/C(=N\NC(=O)COc1ccc(C)cc1C)c1ccccc1. The molecule has 2 rings (SSSR count). The summed E-state index contributed by atoms with van der Waals surface area (Å²) in [5.74, 6) is 0.445. The molecule has 0 heterocycles. The first-order valence-corrected chi connectivity index (χ1v) is 7.71. The Balaban J connectivity index is 1.92. The van der Waals surface area contributed by atoms with Gasteiger partial charge in [0.15, 0.2) is 6.61 Å². The van der Waals surface area contributed by atoms with Gasteiger partial charge in [0.05, 0.1) is 5.71 Å². The van der Waals surface area contributed by atoms with E-state index < -0.39 is 0 Å². The summed E-state index contributed by atoms with van der Waals surface area (Å²) in [5.41, 5.74) is 6.58. The second kappa shape index (κ2) is 8.13. The molecule has 2 aromatic rings. The highest BCUT2D eigenvalue weighted by atomic mass is 16.5. The van der Waals surface area contributed by atoms with Gasteiger partial charge in [-0.25, -0.2) is 5.43 Å². The van der Waals surface area contributed by atoms with Gasteiger partial charge in [-0.1, -0.05) is 55.0 Å². The number of amides is 1. The first-order valence-electron chi connectivity index (χ1n) is 7.71. The van der Waals surface area contributed by atoms with Crippen molar-refractivity contribution in [3.8, 4) is 5.75 Å². The second-order valence-electron chi connectivity index (χ2n) is 5.37. The molecule has 2 aromatic carbocycles. The van der Waals surface area contributed by atoms with Crippen LogP contribution in [0.4, 0.5) is 0 Å². The van der Waals surface area contributed by atoms with E-state index in [1.807, 2.05) is 69.3 Å². The van der Waals surface area contributed by atoms with E-state index in [9.17, 15) is 4.79 Å². The highest BCUT2D eigenvalue weighted by Crippen LogP contribution is 2.18. The van der Waals surface area contributed by atoms with Crippen LogP contribution in [0.15, 0.2) is 53.6 Å². The second-order valence-corrected chi connectivity index (χ2v) is 5.37. The van der Waals surface area contributed by atoms with Crippen LogP contribution in [0, 0.1) is 13.8 Å². The summed E-state index contributed by atoms with van der Waals surface area (Å²) in [6, 6.07) is 15.7. The largest absolute Gasteiger partial charge is 0.483 e. The summed E-state index contributed by atoms with van der Waals surface area (Å²) >= 11 is 0. The van der Waals surface area contributed by atoms with Crippen LogP contribution >= 0.6 is 0 Å². The van der Waals surface area contributed by atoms with E-state index in [-0.39, 0.29) is 12.5 Å². The summed E-state index contributed by atoms with van der Waals surface area (Å²) in [7, 11) is 0. The number of ether oxygens (including phenoxy) is 1. The number of nitrogens with one attached hydrogen (secondary N) is 1. The molecule has 0 aliphatic heterocycles. The molecule has 0 radical (unpaired) electrons. The monoisotopic (exact) mass is 310 g/mol. The third kappa shape index (κ3) is 4.95. The summed E-state index contributed by atoms with van der Waals surface area (Å²) < 4.78 is 5.54. The molecule has 0 unspecified atom stereocenters. The lowest BCUT2D eigenvalue weighted by atomic mass is 10.1. The van der Waals surface area contributed by atoms with Crippen LogP contribution in [0.1, 0.15) is 30.0 Å². The molecule has 0 saturated heterocycles. The van der Waals surface area contributed by atoms with Gasteiger partial charge in [0.25, 0.3) is 5.91 Å². The Labute approximate surface area is 137 Å². The number of carbonyl (C=O) groups is 1. The molecule has 0 aliphatic carbocycles. The summed E-state index contributed by atoms with van der Waals surface area (Å²) in [6.07, 6.45) is 0.738. The molecule has 0 bridgehead atoms. The lowest BCUT2D eigenvalue weighted by molar-refractivity contribution is -0.123. The number of benzene rings is 2. The third-order valence-corrected chi connectivity index (χ3v) is 3.45. The van der Waals surface area contributed by atoms with Crippen LogP contribution in [-0.2, 0) is 4.79 Å². The van der Waals surface area contributed by atoms with Gasteiger partial charge in [0.2, 0.25) is 0 Å². The Kier molecular flexibility index (Phi) is 5.92.